The number of nitrogens with one attached hydrogen (secondary N) is 1. The molecule has 2 rings (SSSR count). The fraction of sp³-hybridized carbons (Fsp3) is 0.214. The minimum atomic E-state index is -0.326. The Balaban J connectivity index is 0.000000686. The van der Waals surface area contributed by atoms with Crippen LogP contribution in [-0.4, -0.2) is 18.1 Å². The predicted molar refractivity (Wildman–Crippen MR) is 68.9 cm³/mol. The van der Waals surface area contributed by atoms with E-state index < -0.39 is 0 Å². The molecule has 0 saturated heterocycles. The van der Waals surface area contributed by atoms with Gasteiger partial charge in [-0.15, -0.1) is 0 Å². The van der Waals surface area contributed by atoms with Crippen molar-refractivity contribution in [3.8, 4) is 11.3 Å². The van der Waals surface area contributed by atoms with Crippen molar-refractivity contribution in [2.24, 2.45) is 0 Å². The zero-order chi connectivity index (χ0) is 12.7. The summed E-state index contributed by atoms with van der Waals surface area (Å²) in [6.07, 6.45) is 1.65. The number of rotatable bonds is 2. The first-order chi connectivity index (χ1) is 8.31. The molecule has 90 valence electrons. The second-order valence-electron chi connectivity index (χ2n) is 3.16. The normalized spacial score (nSPS) is 9.12. The Bertz CT molecular complexity index is 460. The smallest absolute Gasteiger partial charge is 0.339 e. The van der Waals surface area contributed by atoms with Crippen molar-refractivity contribution in [2.45, 2.75) is 13.8 Å². The van der Waals surface area contributed by atoms with Gasteiger partial charge in [0.1, 0.15) is 0 Å². The molecule has 0 unspecified atom stereocenters. The molecule has 17 heavy (non-hydrogen) atoms. The number of H-pyrrole nitrogens is 1. The molecule has 1 aromatic heterocycles. The summed E-state index contributed by atoms with van der Waals surface area (Å²) >= 11 is 0. The van der Waals surface area contributed by atoms with Crippen molar-refractivity contribution >= 4 is 5.97 Å². The molecule has 0 bridgehead atoms. The van der Waals surface area contributed by atoms with E-state index in [1.165, 1.54) is 7.11 Å². The fourth-order valence-electron chi connectivity index (χ4n) is 1.41. The number of carbonyl (C=O) groups is 1. The lowest BCUT2D eigenvalue weighted by Gasteiger charge is -1.95. The van der Waals surface area contributed by atoms with Crippen LogP contribution in [-0.2, 0) is 4.74 Å². The van der Waals surface area contributed by atoms with E-state index in [2.05, 4.69) is 9.72 Å². The Morgan fingerprint density at radius 1 is 1.18 bits per heavy atom. The van der Waals surface area contributed by atoms with Crippen LogP contribution in [0.2, 0.25) is 0 Å². The van der Waals surface area contributed by atoms with Crippen LogP contribution in [0, 0.1) is 0 Å². The number of carbonyl (C=O) groups excluding carboxylic acids is 1. The van der Waals surface area contributed by atoms with Crippen molar-refractivity contribution in [1.29, 1.82) is 0 Å². The zero-order valence-electron chi connectivity index (χ0n) is 10.4. The van der Waals surface area contributed by atoms with Crippen LogP contribution in [0.25, 0.3) is 11.3 Å². The summed E-state index contributed by atoms with van der Waals surface area (Å²) in [5.74, 6) is -0.326. The zero-order valence-corrected chi connectivity index (χ0v) is 10.4. The predicted octanol–water partition coefficient (Wildman–Crippen LogP) is 3.49. The Labute approximate surface area is 101 Å². The number of methoxy groups -OCH3 is 1. The van der Waals surface area contributed by atoms with Gasteiger partial charge in [-0.3, -0.25) is 0 Å². The van der Waals surface area contributed by atoms with Crippen molar-refractivity contribution in [1.82, 2.24) is 4.98 Å². The highest BCUT2D eigenvalue weighted by Gasteiger charge is 2.08. The first kappa shape index (κ1) is 13.0. The van der Waals surface area contributed by atoms with Gasteiger partial charge in [0.2, 0.25) is 0 Å². The van der Waals surface area contributed by atoms with E-state index in [4.69, 9.17) is 0 Å². The second kappa shape index (κ2) is 6.53. The molecule has 1 aromatic carbocycles. The Morgan fingerprint density at radius 2 is 1.82 bits per heavy atom. The molecule has 3 heteroatoms. The molecule has 1 N–H and O–H groups in total. The number of hydrogen-bond donors (Lipinski definition) is 1. The van der Waals surface area contributed by atoms with Crippen LogP contribution in [0.5, 0.6) is 0 Å². The maximum atomic E-state index is 11.2. The highest BCUT2D eigenvalue weighted by Crippen LogP contribution is 2.18. The van der Waals surface area contributed by atoms with Crippen molar-refractivity contribution in [3.05, 3.63) is 48.2 Å². The largest absolute Gasteiger partial charge is 0.465 e. The lowest BCUT2D eigenvalue weighted by Crippen LogP contribution is -1.98. The van der Waals surface area contributed by atoms with E-state index in [9.17, 15) is 4.79 Å². The van der Waals surface area contributed by atoms with Gasteiger partial charge in [-0.2, -0.15) is 0 Å². The summed E-state index contributed by atoms with van der Waals surface area (Å²) < 4.78 is 4.63. The van der Waals surface area contributed by atoms with Crippen molar-refractivity contribution < 1.29 is 9.53 Å². The Kier molecular flexibility index (Phi) is 5.01. The van der Waals surface area contributed by atoms with Crippen molar-refractivity contribution in [2.75, 3.05) is 7.11 Å². The SMILES string of the molecule is CC.COC(=O)c1c[nH]c(-c2ccccc2)c1. The van der Waals surface area contributed by atoms with Crippen LogP contribution in [0.1, 0.15) is 24.2 Å². The first-order valence-electron chi connectivity index (χ1n) is 5.63. The van der Waals surface area contributed by atoms with Gasteiger partial charge in [0, 0.05) is 11.9 Å². The quantitative estimate of drug-likeness (QED) is 0.804. The van der Waals surface area contributed by atoms with Gasteiger partial charge in [-0.05, 0) is 11.6 Å². The summed E-state index contributed by atoms with van der Waals surface area (Å²) in [7, 11) is 1.37. The van der Waals surface area contributed by atoms with E-state index in [0.29, 0.717) is 5.56 Å². The summed E-state index contributed by atoms with van der Waals surface area (Å²) in [5.41, 5.74) is 2.50. The minimum absolute atomic E-state index is 0.326. The number of esters is 1. The summed E-state index contributed by atoms with van der Waals surface area (Å²) in [4.78, 5) is 14.3. The average molecular weight is 231 g/mol. The number of aromatic amines is 1. The molecule has 0 radical (unpaired) electrons. The van der Waals surface area contributed by atoms with Crippen LogP contribution in [0.3, 0.4) is 0 Å². The summed E-state index contributed by atoms with van der Waals surface area (Å²) in [6.45, 7) is 4.00. The van der Waals surface area contributed by atoms with Crippen LogP contribution in [0.15, 0.2) is 42.6 Å². The van der Waals surface area contributed by atoms with Gasteiger partial charge in [0.05, 0.1) is 12.7 Å². The van der Waals surface area contributed by atoms with Gasteiger partial charge < -0.3 is 9.72 Å². The van der Waals surface area contributed by atoms with E-state index >= 15 is 0 Å². The van der Waals surface area contributed by atoms with Crippen molar-refractivity contribution in [3.63, 3.8) is 0 Å². The number of hydrogen-bond acceptors (Lipinski definition) is 2. The highest BCUT2D eigenvalue weighted by molar-refractivity contribution is 5.90. The third-order valence-corrected chi connectivity index (χ3v) is 2.19. The van der Waals surface area contributed by atoms with E-state index in [1.54, 1.807) is 12.3 Å². The molecule has 3 nitrogen and oxygen atoms in total. The van der Waals surface area contributed by atoms with Crippen LogP contribution >= 0.6 is 0 Å². The molecular formula is C14H17NO2. The van der Waals surface area contributed by atoms with Gasteiger partial charge in [-0.1, -0.05) is 44.2 Å². The number of aromatic nitrogens is 1. The molecule has 0 aliphatic heterocycles. The van der Waals surface area contributed by atoms with E-state index in [1.807, 2.05) is 44.2 Å². The molecular weight excluding hydrogens is 214 g/mol. The molecule has 0 spiro atoms. The maximum Gasteiger partial charge on any atom is 0.339 e. The van der Waals surface area contributed by atoms with Gasteiger partial charge in [0.15, 0.2) is 0 Å². The third-order valence-electron chi connectivity index (χ3n) is 2.19. The van der Waals surface area contributed by atoms with E-state index in [-0.39, 0.29) is 5.97 Å². The highest BCUT2D eigenvalue weighted by atomic mass is 16.5. The maximum absolute atomic E-state index is 11.2. The second-order valence-corrected chi connectivity index (χ2v) is 3.16. The van der Waals surface area contributed by atoms with Crippen LogP contribution in [0.4, 0.5) is 0 Å². The van der Waals surface area contributed by atoms with Gasteiger partial charge in [-0.25, -0.2) is 4.79 Å². The first-order valence-corrected chi connectivity index (χ1v) is 5.63. The fourth-order valence-corrected chi connectivity index (χ4v) is 1.41. The monoisotopic (exact) mass is 231 g/mol. The Hall–Kier alpha value is -2.03. The van der Waals surface area contributed by atoms with Gasteiger partial charge >= 0.3 is 5.97 Å². The van der Waals surface area contributed by atoms with Gasteiger partial charge in [0.25, 0.3) is 0 Å². The standard InChI is InChI=1S/C12H11NO2.C2H6/c1-15-12(14)10-7-11(13-8-10)9-5-3-2-4-6-9;1-2/h2-8,13H,1H3;1-2H3. The molecule has 0 aliphatic rings. The minimum Gasteiger partial charge on any atom is -0.465 e. The number of ether oxygens (including phenoxy) is 1. The molecule has 0 aliphatic carbocycles. The lowest BCUT2D eigenvalue weighted by atomic mass is 10.1. The van der Waals surface area contributed by atoms with E-state index in [0.717, 1.165) is 11.3 Å². The molecule has 2 aromatic rings. The van der Waals surface area contributed by atoms with Crippen LogP contribution < -0.4 is 0 Å². The number of benzene rings is 1. The molecule has 0 amide bonds. The molecule has 0 atom stereocenters. The lowest BCUT2D eigenvalue weighted by molar-refractivity contribution is 0.0601. The molecule has 0 fully saturated rings. The summed E-state index contributed by atoms with van der Waals surface area (Å²) in [6, 6.07) is 11.6. The summed E-state index contributed by atoms with van der Waals surface area (Å²) in [5, 5.41) is 0. The third kappa shape index (κ3) is 3.21. The molecule has 0 saturated carbocycles. The topological polar surface area (TPSA) is 42.1 Å². The average Bonchev–Trinajstić information content (AvgIpc) is 2.91. The Morgan fingerprint density at radius 3 is 2.41 bits per heavy atom. The molecule has 1 heterocycles.